The largest absolute Gasteiger partial charge is 0.497 e. The number of likely N-dealkylation sites (tertiary alicyclic amines) is 2. The van der Waals surface area contributed by atoms with Gasteiger partial charge in [0.15, 0.2) is 0 Å². The molecule has 7 nitrogen and oxygen atoms in total. The Labute approximate surface area is 195 Å². The van der Waals surface area contributed by atoms with E-state index in [1.165, 1.54) is 22.9 Å². The third kappa shape index (κ3) is 4.22. The molecular weight excluding hydrogens is 414 g/mol. The van der Waals surface area contributed by atoms with Gasteiger partial charge in [-0.05, 0) is 63.3 Å². The fraction of sp³-hybridized carbons (Fsp3) is 0.500. The van der Waals surface area contributed by atoms with Gasteiger partial charge in [-0.3, -0.25) is 9.69 Å². The van der Waals surface area contributed by atoms with E-state index in [9.17, 15) is 4.79 Å². The van der Waals surface area contributed by atoms with Gasteiger partial charge in [-0.1, -0.05) is 0 Å². The lowest BCUT2D eigenvalue weighted by molar-refractivity contribution is 0.0722. The Balaban J connectivity index is 1.36. The number of nitrogens with zero attached hydrogens (tertiary/aromatic N) is 5. The average Bonchev–Trinajstić information content (AvgIpc) is 3.43. The maximum atomic E-state index is 13.0. The number of hydrogen-bond donors (Lipinski definition) is 0. The number of piperidine rings is 1. The second kappa shape index (κ2) is 9.14. The van der Waals surface area contributed by atoms with E-state index in [0.717, 1.165) is 69.1 Å². The van der Waals surface area contributed by atoms with Crippen LogP contribution in [0.5, 0.6) is 5.75 Å². The standard InChI is InChI=1S/C26H33N5O2/c1-18-22(26(32)30-11-5-4-6-12-30)15-27-25(28-18)23-8-7-13-31(23)17-19-16-29(2)24-14-20(33-3)9-10-21(19)24/h9-10,14-16,23H,4-8,11-13,17H2,1-3H3/t23-/m1/s1. The zero-order valence-corrected chi connectivity index (χ0v) is 19.9. The smallest absolute Gasteiger partial charge is 0.257 e. The van der Waals surface area contributed by atoms with E-state index >= 15 is 0 Å². The average molecular weight is 448 g/mol. The van der Waals surface area contributed by atoms with Gasteiger partial charge >= 0.3 is 0 Å². The van der Waals surface area contributed by atoms with Crippen molar-refractivity contribution in [3.8, 4) is 5.75 Å². The second-order valence-corrected chi connectivity index (χ2v) is 9.36. The molecule has 174 valence electrons. The van der Waals surface area contributed by atoms with Crippen LogP contribution in [0.25, 0.3) is 10.9 Å². The molecule has 2 aliphatic heterocycles. The van der Waals surface area contributed by atoms with Gasteiger partial charge in [-0.15, -0.1) is 0 Å². The molecule has 0 unspecified atom stereocenters. The first-order chi connectivity index (χ1) is 16.0. The van der Waals surface area contributed by atoms with E-state index < -0.39 is 0 Å². The molecule has 4 heterocycles. The zero-order chi connectivity index (χ0) is 22.9. The molecule has 0 radical (unpaired) electrons. The quantitative estimate of drug-likeness (QED) is 0.585. The first-order valence-electron chi connectivity index (χ1n) is 12.0. The van der Waals surface area contributed by atoms with Crippen molar-refractivity contribution < 1.29 is 9.53 Å². The summed E-state index contributed by atoms with van der Waals surface area (Å²) in [5, 5.41) is 1.25. The number of carbonyl (C=O) groups is 1. The number of fused-ring (bicyclic) bond motifs is 1. The lowest BCUT2D eigenvalue weighted by Gasteiger charge is -2.27. The number of methoxy groups -OCH3 is 1. The van der Waals surface area contributed by atoms with E-state index in [-0.39, 0.29) is 11.9 Å². The first-order valence-corrected chi connectivity index (χ1v) is 12.0. The summed E-state index contributed by atoms with van der Waals surface area (Å²) in [5.74, 6) is 1.78. The highest BCUT2D eigenvalue weighted by molar-refractivity contribution is 5.95. The van der Waals surface area contributed by atoms with Crippen molar-refractivity contribution in [2.75, 3.05) is 26.7 Å². The summed E-state index contributed by atoms with van der Waals surface area (Å²) in [7, 11) is 3.78. The molecule has 1 aromatic carbocycles. The number of amides is 1. The van der Waals surface area contributed by atoms with E-state index in [4.69, 9.17) is 14.7 Å². The maximum absolute atomic E-state index is 13.0. The summed E-state index contributed by atoms with van der Waals surface area (Å²) < 4.78 is 7.57. The summed E-state index contributed by atoms with van der Waals surface area (Å²) in [5.41, 5.74) is 3.91. The van der Waals surface area contributed by atoms with Gasteiger partial charge in [0.1, 0.15) is 11.6 Å². The van der Waals surface area contributed by atoms with Crippen molar-refractivity contribution >= 4 is 16.8 Å². The predicted molar refractivity (Wildman–Crippen MR) is 128 cm³/mol. The molecule has 1 atom stereocenters. The molecule has 33 heavy (non-hydrogen) atoms. The molecule has 0 aliphatic carbocycles. The van der Waals surface area contributed by atoms with Crippen LogP contribution in [0, 0.1) is 6.92 Å². The highest BCUT2D eigenvalue weighted by Gasteiger charge is 2.30. The topological polar surface area (TPSA) is 63.5 Å². The molecule has 1 amide bonds. The number of benzene rings is 1. The van der Waals surface area contributed by atoms with Gasteiger partial charge in [0.2, 0.25) is 0 Å². The summed E-state index contributed by atoms with van der Waals surface area (Å²) in [6, 6.07) is 6.44. The maximum Gasteiger partial charge on any atom is 0.257 e. The van der Waals surface area contributed by atoms with E-state index in [0.29, 0.717) is 5.56 Å². The Hall–Kier alpha value is -2.93. The summed E-state index contributed by atoms with van der Waals surface area (Å²) in [4.78, 5) is 26.9. The lowest BCUT2D eigenvalue weighted by Crippen LogP contribution is -2.36. The monoisotopic (exact) mass is 447 g/mol. The van der Waals surface area contributed by atoms with Gasteiger partial charge in [0.25, 0.3) is 5.91 Å². The van der Waals surface area contributed by atoms with Gasteiger partial charge < -0.3 is 14.2 Å². The van der Waals surface area contributed by atoms with Crippen LogP contribution < -0.4 is 4.74 Å². The number of rotatable bonds is 5. The van der Waals surface area contributed by atoms with Crippen LogP contribution in [0.2, 0.25) is 0 Å². The Kier molecular flexibility index (Phi) is 6.06. The van der Waals surface area contributed by atoms with Crippen molar-refractivity contribution in [1.82, 2.24) is 24.3 Å². The Morgan fingerprint density at radius 2 is 1.97 bits per heavy atom. The van der Waals surface area contributed by atoms with Crippen LogP contribution in [-0.4, -0.2) is 57.0 Å². The molecule has 3 aromatic rings. The highest BCUT2D eigenvalue weighted by Crippen LogP contribution is 2.34. The Morgan fingerprint density at radius 1 is 1.15 bits per heavy atom. The Bertz CT molecular complexity index is 1160. The van der Waals surface area contributed by atoms with Gasteiger partial charge in [0, 0.05) is 50.5 Å². The van der Waals surface area contributed by atoms with Crippen molar-refractivity contribution in [2.24, 2.45) is 7.05 Å². The van der Waals surface area contributed by atoms with Crippen LogP contribution in [0.15, 0.2) is 30.6 Å². The zero-order valence-electron chi connectivity index (χ0n) is 19.9. The van der Waals surface area contributed by atoms with Crippen molar-refractivity contribution in [1.29, 1.82) is 0 Å². The van der Waals surface area contributed by atoms with Crippen LogP contribution in [0.4, 0.5) is 0 Å². The van der Waals surface area contributed by atoms with E-state index in [2.05, 4.69) is 34.8 Å². The number of aromatic nitrogens is 3. The van der Waals surface area contributed by atoms with Crippen molar-refractivity contribution in [2.45, 2.75) is 51.6 Å². The molecule has 0 spiro atoms. The minimum Gasteiger partial charge on any atom is -0.497 e. The van der Waals surface area contributed by atoms with Crippen LogP contribution in [0.3, 0.4) is 0 Å². The summed E-state index contributed by atoms with van der Waals surface area (Å²) in [6.07, 6.45) is 9.52. The van der Waals surface area contributed by atoms with Crippen LogP contribution in [0.1, 0.15) is 65.6 Å². The third-order valence-corrected chi connectivity index (χ3v) is 7.19. The third-order valence-electron chi connectivity index (χ3n) is 7.19. The summed E-state index contributed by atoms with van der Waals surface area (Å²) in [6.45, 7) is 5.50. The molecule has 2 fully saturated rings. The highest BCUT2D eigenvalue weighted by atomic mass is 16.5. The first kappa shape index (κ1) is 21.9. The SMILES string of the molecule is COc1ccc2c(CN3CCC[C@@H]3c3ncc(C(=O)N4CCCCC4)c(C)n3)cn(C)c2c1. The number of ether oxygens (including phenoxy) is 1. The van der Waals surface area contributed by atoms with Crippen molar-refractivity contribution in [3.05, 3.63) is 53.2 Å². The number of carbonyl (C=O) groups excluding carboxylic acids is 1. The predicted octanol–water partition coefficient (Wildman–Crippen LogP) is 4.25. The molecule has 0 N–H and O–H groups in total. The van der Waals surface area contributed by atoms with Crippen LogP contribution >= 0.6 is 0 Å². The molecule has 5 rings (SSSR count). The Morgan fingerprint density at radius 3 is 2.73 bits per heavy atom. The van der Waals surface area contributed by atoms with E-state index in [1.807, 2.05) is 17.9 Å². The summed E-state index contributed by atoms with van der Waals surface area (Å²) >= 11 is 0. The molecule has 0 saturated carbocycles. The lowest BCUT2D eigenvalue weighted by atomic mass is 10.1. The van der Waals surface area contributed by atoms with Crippen molar-refractivity contribution in [3.63, 3.8) is 0 Å². The van der Waals surface area contributed by atoms with E-state index in [1.54, 1.807) is 13.3 Å². The molecule has 7 heteroatoms. The second-order valence-electron chi connectivity index (χ2n) is 9.36. The fourth-order valence-electron chi connectivity index (χ4n) is 5.35. The molecule has 2 aliphatic rings. The van der Waals surface area contributed by atoms with Gasteiger partial charge in [0.05, 0.1) is 29.9 Å². The minimum atomic E-state index is 0.0770. The molecule has 2 aromatic heterocycles. The number of aryl methyl sites for hydroxylation is 2. The van der Waals surface area contributed by atoms with Crippen LogP contribution in [-0.2, 0) is 13.6 Å². The normalized spacial score (nSPS) is 19.4. The molecule has 0 bridgehead atoms. The number of hydrogen-bond acceptors (Lipinski definition) is 5. The minimum absolute atomic E-state index is 0.0770. The van der Waals surface area contributed by atoms with Gasteiger partial charge in [-0.2, -0.15) is 0 Å². The molecular formula is C26H33N5O2. The molecule has 2 saturated heterocycles. The fourth-order valence-corrected chi connectivity index (χ4v) is 5.35. The van der Waals surface area contributed by atoms with Gasteiger partial charge in [-0.25, -0.2) is 9.97 Å².